The van der Waals surface area contributed by atoms with E-state index in [2.05, 4.69) is 10.4 Å². The molecule has 3 rings (SSSR count). The van der Waals surface area contributed by atoms with E-state index < -0.39 is 12.6 Å². The molecule has 1 N–H and O–H groups in total. The molecular formula is C15H16FN3O3S. The number of ether oxygens (including phenoxy) is 2. The van der Waals surface area contributed by atoms with E-state index in [0.29, 0.717) is 29.4 Å². The first-order chi connectivity index (χ1) is 11.2. The number of esters is 1. The van der Waals surface area contributed by atoms with E-state index in [1.807, 2.05) is 18.3 Å². The lowest BCUT2D eigenvalue weighted by molar-refractivity contribution is 0.0529. The number of carbonyl (C=O) groups excluding carboxylic acids is 1. The lowest BCUT2D eigenvalue weighted by atomic mass is 10.2. The molecule has 2 aromatic heterocycles. The van der Waals surface area contributed by atoms with Crippen LogP contribution in [0.25, 0.3) is 10.4 Å². The highest BCUT2D eigenvalue weighted by Crippen LogP contribution is 2.31. The minimum Gasteiger partial charge on any atom is -0.476 e. The van der Waals surface area contributed by atoms with Gasteiger partial charge >= 0.3 is 5.97 Å². The molecule has 0 spiro atoms. The Morgan fingerprint density at radius 3 is 3.22 bits per heavy atom. The minimum absolute atomic E-state index is 0.00371. The molecule has 8 heteroatoms. The second kappa shape index (κ2) is 6.82. The van der Waals surface area contributed by atoms with E-state index in [4.69, 9.17) is 9.47 Å². The Morgan fingerprint density at radius 1 is 1.57 bits per heavy atom. The Kier molecular flexibility index (Phi) is 4.61. The van der Waals surface area contributed by atoms with Gasteiger partial charge in [-0.15, -0.1) is 11.3 Å². The maximum Gasteiger partial charge on any atom is 0.342 e. The van der Waals surface area contributed by atoms with Crippen LogP contribution < -0.4 is 5.32 Å². The molecule has 1 aliphatic heterocycles. The van der Waals surface area contributed by atoms with Crippen molar-refractivity contribution in [2.75, 3.05) is 26.4 Å². The van der Waals surface area contributed by atoms with Gasteiger partial charge in [-0.2, -0.15) is 5.10 Å². The Labute approximate surface area is 136 Å². The number of nitrogens with zero attached hydrogens (tertiary/aromatic N) is 2. The van der Waals surface area contributed by atoms with Gasteiger partial charge in [0.2, 0.25) is 0 Å². The van der Waals surface area contributed by atoms with Gasteiger partial charge < -0.3 is 14.8 Å². The van der Waals surface area contributed by atoms with Gasteiger partial charge in [0.25, 0.3) is 0 Å². The summed E-state index contributed by atoms with van der Waals surface area (Å²) < 4.78 is 24.4. The molecule has 0 saturated heterocycles. The van der Waals surface area contributed by atoms with Crippen LogP contribution in [-0.2, 0) is 9.47 Å². The van der Waals surface area contributed by atoms with E-state index in [1.165, 1.54) is 17.5 Å². The number of alkyl halides is 1. The number of hydrogen-bond donors (Lipinski definition) is 1. The third-order valence-corrected chi connectivity index (χ3v) is 4.34. The number of fused-ring (bicyclic) bond motifs is 1. The van der Waals surface area contributed by atoms with Gasteiger partial charge in [-0.05, 0) is 6.92 Å². The summed E-state index contributed by atoms with van der Waals surface area (Å²) in [6.07, 6.45) is 7.18. The fourth-order valence-corrected chi connectivity index (χ4v) is 3.29. The number of allylic oxidation sites excluding steroid dienone is 2. The largest absolute Gasteiger partial charge is 0.476 e. The number of hydrogen-bond acceptors (Lipinski definition) is 6. The minimum atomic E-state index is -0.553. The van der Waals surface area contributed by atoms with Gasteiger partial charge in [0.15, 0.2) is 5.88 Å². The molecule has 0 atom stereocenters. The standard InChI is InChI=1S/C15H16FN3O3S/c1-2-21-15(20)11-8-18-19-9-12(23-14(11)19)10-4-3-6-17-13(10)22-7-5-16/h3-4,8-9,17H,2,5-7H2,1H3. The summed E-state index contributed by atoms with van der Waals surface area (Å²) in [6.45, 7) is 2.14. The van der Waals surface area contributed by atoms with Crippen molar-refractivity contribution in [1.29, 1.82) is 0 Å². The quantitative estimate of drug-likeness (QED) is 0.820. The van der Waals surface area contributed by atoms with Gasteiger partial charge in [-0.1, -0.05) is 12.2 Å². The maximum absolute atomic E-state index is 12.4. The molecule has 0 aromatic carbocycles. The van der Waals surface area contributed by atoms with Crippen molar-refractivity contribution in [3.05, 3.63) is 40.9 Å². The second-order valence-corrected chi connectivity index (χ2v) is 5.72. The topological polar surface area (TPSA) is 64.9 Å². The second-order valence-electron chi connectivity index (χ2n) is 4.69. The van der Waals surface area contributed by atoms with E-state index in [9.17, 15) is 9.18 Å². The Hall–Kier alpha value is -2.35. The summed E-state index contributed by atoms with van der Waals surface area (Å²) in [4.78, 5) is 13.5. The highest BCUT2D eigenvalue weighted by atomic mass is 32.1. The number of thiazole rings is 1. The zero-order chi connectivity index (χ0) is 16.2. The van der Waals surface area contributed by atoms with Crippen LogP contribution in [0.5, 0.6) is 0 Å². The molecule has 122 valence electrons. The van der Waals surface area contributed by atoms with Crippen molar-refractivity contribution in [2.24, 2.45) is 0 Å². The average molecular weight is 337 g/mol. The highest BCUT2D eigenvalue weighted by Gasteiger charge is 2.20. The molecule has 0 unspecified atom stereocenters. The molecule has 3 heterocycles. The number of carbonyl (C=O) groups is 1. The zero-order valence-electron chi connectivity index (χ0n) is 12.5. The van der Waals surface area contributed by atoms with Crippen molar-refractivity contribution in [3.8, 4) is 0 Å². The smallest absolute Gasteiger partial charge is 0.342 e. The average Bonchev–Trinajstić information content (AvgIpc) is 3.13. The molecule has 2 aromatic rings. The maximum atomic E-state index is 12.4. The normalized spacial score (nSPS) is 14.2. The fourth-order valence-electron chi connectivity index (χ4n) is 2.22. The van der Waals surface area contributed by atoms with Crippen molar-refractivity contribution in [1.82, 2.24) is 14.9 Å². The van der Waals surface area contributed by atoms with E-state index in [1.54, 1.807) is 11.4 Å². The monoisotopic (exact) mass is 337 g/mol. The molecular weight excluding hydrogens is 321 g/mol. The number of nitrogens with one attached hydrogen (secondary N) is 1. The summed E-state index contributed by atoms with van der Waals surface area (Å²) in [5.41, 5.74) is 1.25. The molecule has 0 radical (unpaired) electrons. The fraction of sp³-hybridized carbons (Fsp3) is 0.333. The predicted molar refractivity (Wildman–Crippen MR) is 85.0 cm³/mol. The SMILES string of the molecule is CCOC(=O)c1cnn2cc(C3=C(OCCF)NCC=C3)sc12. The lowest BCUT2D eigenvalue weighted by Crippen LogP contribution is -2.20. The summed E-state index contributed by atoms with van der Waals surface area (Å²) in [5, 5.41) is 7.27. The van der Waals surface area contributed by atoms with Gasteiger partial charge in [0, 0.05) is 12.7 Å². The summed E-state index contributed by atoms with van der Waals surface area (Å²) in [7, 11) is 0. The highest BCUT2D eigenvalue weighted by molar-refractivity contribution is 7.18. The molecule has 0 aliphatic carbocycles. The number of halogens is 1. The third-order valence-electron chi connectivity index (χ3n) is 3.19. The molecule has 6 nitrogen and oxygen atoms in total. The van der Waals surface area contributed by atoms with Crippen LogP contribution in [0.15, 0.2) is 30.4 Å². The van der Waals surface area contributed by atoms with Crippen molar-refractivity contribution in [3.63, 3.8) is 0 Å². The van der Waals surface area contributed by atoms with Crippen LogP contribution in [0, 0.1) is 0 Å². The van der Waals surface area contributed by atoms with Gasteiger partial charge in [0.05, 0.1) is 23.3 Å². The van der Waals surface area contributed by atoms with Gasteiger partial charge in [-0.3, -0.25) is 0 Å². The van der Waals surface area contributed by atoms with Crippen LogP contribution in [0.2, 0.25) is 0 Å². The lowest BCUT2D eigenvalue weighted by Gasteiger charge is -2.17. The van der Waals surface area contributed by atoms with Crippen LogP contribution in [0.4, 0.5) is 4.39 Å². The summed E-state index contributed by atoms with van der Waals surface area (Å²) >= 11 is 1.41. The Balaban J connectivity index is 1.98. The van der Waals surface area contributed by atoms with Crippen molar-refractivity contribution in [2.45, 2.75) is 6.92 Å². The van der Waals surface area contributed by atoms with Crippen LogP contribution in [0.1, 0.15) is 22.2 Å². The number of rotatable bonds is 6. The van der Waals surface area contributed by atoms with Crippen molar-refractivity contribution >= 4 is 27.7 Å². The molecule has 1 aliphatic rings. The number of aromatic nitrogens is 2. The van der Waals surface area contributed by atoms with E-state index in [-0.39, 0.29) is 6.61 Å². The summed E-state index contributed by atoms with van der Waals surface area (Å²) in [6, 6.07) is 0. The molecule has 23 heavy (non-hydrogen) atoms. The van der Waals surface area contributed by atoms with Crippen LogP contribution in [-0.4, -0.2) is 42.0 Å². The van der Waals surface area contributed by atoms with Gasteiger partial charge in [-0.25, -0.2) is 13.7 Å². The first kappa shape index (κ1) is 15.5. The molecule has 0 saturated carbocycles. The Bertz CT molecular complexity index is 778. The first-order valence-electron chi connectivity index (χ1n) is 7.22. The zero-order valence-corrected chi connectivity index (χ0v) is 13.4. The third kappa shape index (κ3) is 3.07. The van der Waals surface area contributed by atoms with Crippen molar-refractivity contribution < 1.29 is 18.7 Å². The van der Waals surface area contributed by atoms with E-state index >= 15 is 0 Å². The molecule has 0 amide bonds. The first-order valence-corrected chi connectivity index (χ1v) is 8.04. The van der Waals surface area contributed by atoms with Gasteiger partial charge in [0.1, 0.15) is 23.7 Å². The predicted octanol–water partition coefficient (Wildman–Crippen LogP) is 2.39. The Morgan fingerprint density at radius 2 is 2.43 bits per heavy atom. The molecule has 0 bridgehead atoms. The number of dihydropyridines is 1. The van der Waals surface area contributed by atoms with Crippen LogP contribution in [0.3, 0.4) is 0 Å². The summed E-state index contributed by atoms with van der Waals surface area (Å²) in [5.74, 6) is 0.142. The van der Waals surface area contributed by atoms with E-state index in [0.717, 1.165) is 10.5 Å². The van der Waals surface area contributed by atoms with Crippen LogP contribution >= 0.6 is 11.3 Å². The molecule has 0 fully saturated rings.